The number of aromatic nitrogens is 2. The van der Waals surface area contributed by atoms with E-state index in [1.807, 2.05) is 18.2 Å². The Labute approximate surface area is 115 Å². The molecule has 1 aromatic carbocycles. The minimum atomic E-state index is -0.473. The maximum atomic E-state index is 11.5. The number of hydrogen-bond donors (Lipinski definition) is 1. The van der Waals surface area contributed by atoms with Crippen LogP contribution in [-0.2, 0) is 11.3 Å². The van der Waals surface area contributed by atoms with E-state index in [-0.39, 0.29) is 5.69 Å². The Balaban J connectivity index is 2.19. The molecular formula is C13H14ClN3O2. The lowest BCUT2D eigenvalue weighted by Crippen LogP contribution is -2.09. The molecule has 0 spiro atoms. The molecule has 19 heavy (non-hydrogen) atoms. The number of carbonyl (C=O) groups is 1. The van der Waals surface area contributed by atoms with Crippen molar-refractivity contribution in [3.63, 3.8) is 0 Å². The smallest absolute Gasteiger partial charge is 0.358 e. The van der Waals surface area contributed by atoms with Crippen LogP contribution in [0.4, 0.5) is 5.82 Å². The van der Waals surface area contributed by atoms with Crippen LogP contribution >= 0.6 is 11.6 Å². The van der Waals surface area contributed by atoms with Crippen LogP contribution in [0.3, 0.4) is 0 Å². The standard InChI is InChI=1S/C13H14ClN3O2/c1-2-19-13(18)11-7-12(15)17(16-11)8-9-4-3-5-10(14)6-9/h3-7H,2,8,15H2,1H3. The van der Waals surface area contributed by atoms with E-state index in [1.165, 1.54) is 10.7 Å². The summed E-state index contributed by atoms with van der Waals surface area (Å²) < 4.78 is 6.41. The van der Waals surface area contributed by atoms with Crippen molar-refractivity contribution in [2.45, 2.75) is 13.5 Å². The largest absolute Gasteiger partial charge is 0.461 e. The van der Waals surface area contributed by atoms with Crippen LogP contribution in [0.2, 0.25) is 5.02 Å². The molecule has 6 heteroatoms. The fourth-order valence-corrected chi connectivity index (χ4v) is 1.88. The van der Waals surface area contributed by atoms with E-state index >= 15 is 0 Å². The van der Waals surface area contributed by atoms with Gasteiger partial charge in [0.05, 0.1) is 13.2 Å². The molecule has 0 aliphatic carbocycles. The molecule has 0 bridgehead atoms. The Hall–Kier alpha value is -2.01. The molecule has 1 aromatic heterocycles. The molecule has 2 N–H and O–H groups in total. The lowest BCUT2D eigenvalue weighted by molar-refractivity contribution is 0.0518. The van der Waals surface area contributed by atoms with E-state index in [4.69, 9.17) is 22.1 Å². The SMILES string of the molecule is CCOC(=O)c1cc(N)n(Cc2cccc(Cl)c2)n1. The van der Waals surface area contributed by atoms with Gasteiger partial charge in [0, 0.05) is 11.1 Å². The third-order valence-corrected chi connectivity index (χ3v) is 2.75. The van der Waals surface area contributed by atoms with Crippen LogP contribution in [0.5, 0.6) is 0 Å². The summed E-state index contributed by atoms with van der Waals surface area (Å²) in [6, 6.07) is 8.89. The van der Waals surface area contributed by atoms with Gasteiger partial charge in [-0.25, -0.2) is 9.48 Å². The van der Waals surface area contributed by atoms with Crippen LogP contribution in [0.1, 0.15) is 23.0 Å². The molecule has 0 saturated carbocycles. The van der Waals surface area contributed by atoms with E-state index in [9.17, 15) is 4.79 Å². The Bertz CT molecular complexity index is 595. The summed E-state index contributed by atoms with van der Waals surface area (Å²) in [6.07, 6.45) is 0. The zero-order valence-electron chi connectivity index (χ0n) is 10.5. The number of rotatable bonds is 4. The average molecular weight is 280 g/mol. The molecule has 0 unspecified atom stereocenters. The van der Waals surface area contributed by atoms with Gasteiger partial charge in [-0.15, -0.1) is 0 Å². The lowest BCUT2D eigenvalue weighted by Gasteiger charge is -2.04. The highest BCUT2D eigenvalue weighted by atomic mass is 35.5. The zero-order valence-corrected chi connectivity index (χ0v) is 11.2. The van der Waals surface area contributed by atoms with Gasteiger partial charge in [-0.05, 0) is 24.6 Å². The fraction of sp³-hybridized carbons (Fsp3) is 0.231. The summed E-state index contributed by atoms with van der Waals surface area (Å²) >= 11 is 5.91. The molecular weight excluding hydrogens is 266 g/mol. The monoisotopic (exact) mass is 279 g/mol. The van der Waals surface area contributed by atoms with Gasteiger partial charge in [-0.2, -0.15) is 5.10 Å². The number of halogens is 1. The molecule has 0 atom stereocenters. The first-order valence-electron chi connectivity index (χ1n) is 5.85. The van der Waals surface area contributed by atoms with E-state index in [2.05, 4.69) is 5.10 Å². The number of anilines is 1. The van der Waals surface area contributed by atoms with Gasteiger partial charge in [0.15, 0.2) is 5.69 Å². The molecule has 0 radical (unpaired) electrons. The summed E-state index contributed by atoms with van der Waals surface area (Å²) in [5.74, 6) is -0.0675. The minimum absolute atomic E-state index is 0.210. The predicted octanol–water partition coefficient (Wildman–Crippen LogP) is 2.34. The summed E-state index contributed by atoms with van der Waals surface area (Å²) in [4.78, 5) is 11.5. The van der Waals surface area contributed by atoms with Crippen LogP contribution < -0.4 is 5.73 Å². The number of nitrogens with two attached hydrogens (primary N) is 1. The van der Waals surface area contributed by atoms with Crippen molar-refractivity contribution >= 4 is 23.4 Å². The number of esters is 1. The minimum Gasteiger partial charge on any atom is -0.461 e. The molecule has 0 aliphatic heterocycles. The normalized spacial score (nSPS) is 10.4. The maximum absolute atomic E-state index is 11.5. The Morgan fingerprint density at radius 2 is 2.26 bits per heavy atom. The van der Waals surface area contributed by atoms with Gasteiger partial charge in [-0.3, -0.25) is 0 Å². The Kier molecular flexibility index (Phi) is 4.06. The van der Waals surface area contributed by atoms with Crippen molar-refractivity contribution in [2.75, 3.05) is 12.3 Å². The number of benzene rings is 1. The highest BCUT2D eigenvalue weighted by Crippen LogP contribution is 2.14. The molecule has 0 saturated heterocycles. The molecule has 1 heterocycles. The Morgan fingerprint density at radius 1 is 1.47 bits per heavy atom. The summed E-state index contributed by atoms with van der Waals surface area (Å²) in [5.41, 5.74) is 6.99. The number of nitrogens with zero attached hydrogens (tertiary/aromatic N) is 2. The van der Waals surface area contributed by atoms with E-state index < -0.39 is 5.97 Å². The van der Waals surface area contributed by atoms with Crippen LogP contribution in [0.15, 0.2) is 30.3 Å². The number of nitrogen functional groups attached to an aromatic ring is 1. The van der Waals surface area contributed by atoms with Crippen molar-refractivity contribution in [1.29, 1.82) is 0 Å². The first-order chi connectivity index (χ1) is 9.10. The third kappa shape index (κ3) is 3.26. The summed E-state index contributed by atoms with van der Waals surface area (Å²) in [5, 5.41) is 4.77. The van der Waals surface area contributed by atoms with Gasteiger partial charge in [0.25, 0.3) is 0 Å². The zero-order chi connectivity index (χ0) is 13.8. The lowest BCUT2D eigenvalue weighted by atomic mass is 10.2. The number of hydrogen-bond acceptors (Lipinski definition) is 4. The predicted molar refractivity (Wildman–Crippen MR) is 73.1 cm³/mol. The van der Waals surface area contributed by atoms with Gasteiger partial charge >= 0.3 is 5.97 Å². The van der Waals surface area contributed by atoms with Gasteiger partial charge < -0.3 is 10.5 Å². The first kappa shape index (κ1) is 13.4. The highest BCUT2D eigenvalue weighted by molar-refractivity contribution is 6.30. The number of ether oxygens (including phenoxy) is 1. The highest BCUT2D eigenvalue weighted by Gasteiger charge is 2.13. The van der Waals surface area contributed by atoms with Crippen LogP contribution in [0, 0.1) is 0 Å². The Morgan fingerprint density at radius 3 is 2.95 bits per heavy atom. The van der Waals surface area contributed by atoms with Crippen molar-refractivity contribution in [3.05, 3.63) is 46.6 Å². The van der Waals surface area contributed by atoms with Gasteiger partial charge in [0.2, 0.25) is 0 Å². The first-order valence-corrected chi connectivity index (χ1v) is 6.23. The quantitative estimate of drug-likeness (QED) is 0.872. The van der Waals surface area contributed by atoms with Gasteiger partial charge in [0.1, 0.15) is 5.82 Å². The van der Waals surface area contributed by atoms with E-state index in [1.54, 1.807) is 13.0 Å². The molecule has 0 fully saturated rings. The molecule has 0 aliphatic rings. The van der Waals surface area contributed by atoms with Crippen molar-refractivity contribution in [2.24, 2.45) is 0 Å². The summed E-state index contributed by atoms with van der Waals surface area (Å²) in [7, 11) is 0. The third-order valence-electron chi connectivity index (χ3n) is 2.52. The second-order valence-electron chi connectivity index (χ2n) is 3.96. The van der Waals surface area contributed by atoms with Gasteiger partial charge in [-0.1, -0.05) is 23.7 Å². The molecule has 5 nitrogen and oxygen atoms in total. The molecule has 100 valence electrons. The van der Waals surface area contributed by atoms with E-state index in [0.717, 1.165) is 5.56 Å². The second kappa shape index (κ2) is 5.75. The topological polar surface area (TPSA) is 70.1 Å². The fourth-order valence-electron chi connectivity index (χ4n) is 1.67. The van der Waals surface area contributed by atoms with Crippen LogP contribution in [0.25, 0.3) is 0 Å². The molecule has 2 rings (SSSR count). The average Bonchev–Trinajstić information content (AvgIpc) is 2.71. The van der Waals surface area contributed by atoms with E-state index in [0.29, 0.717) is 24.0 Å². The van der Waals surface area contributed by atoms with Crippen molar-refractivity contribution in [1.82, 2.24) is 9.78 Å². The summed E-state index contributed by atoms with van der Waals surface area (Å²) in [6.45, 7) is 2.50. The van der Waals surface area contributed by atoms with Crippen molar-refractivity contribution < 1.29 is 9.53 Å². The second-order valence-corrected chi connectivity index (χ2v) is 4.40. The maximum Gasteiger partial charge on any atom is 0.358 e. The molecule has 0 amide bonds. The number of carbonyl (C=O) groups excluding carboxylic acids is 1. The van der Waals surface area contributed by atoms with Crippen molar-refractivity contribution in [3.8, 4) is 0 Å². The van der Waals surface area contributed by atoms with Crippen LogP contribution in [-0.4, -0.2) is 22.4 Å². The molecule has 2 aromatic rings.